The van der Waals surface area contributed by atoms with E-state index in [0.717, 1.165) is 11.1 Å². The van der Waals surface area contributed by atoms with Crippen LogP contribution >= 0.6 is 22.9 Å². The minimum atomic E-state index is -0.613. The molecule has 0 fully saturated rings. The van der Waals surface area contributed by atoms with Gasteiger partial charge in [-0.25, -0.2) is 9.79 Å². The molecule has 0 saturated carbocycles. The number of benzene rings is 2. The summed E-state index contributed by atoms with van der Waals surface area (Å²) in [6.07, 6.45) is 5.56. The maximum absolute atomic E-state index is 13.4. The van der Waals surface area contributed by atoms with Crippen molar-refractivity contribution in [3.05, 3.63) is 108 Å². The number of fused-ring (bicyclic) bond motifs is 1. The molecule has 4 rings (SSSR count). The highest BCUT2D eigenvalue weighted by molar-refractivity contribution is 7.07. The number of nitrogens with zero attached hydrogens (tertiary/aromatic N) is 2. The third-order valence-electron chi connectivity index (χ3n) is 5.00. The average Bonchev–Trinajstić information content (AvgIpc) is 3.09. The second-order valence-electron chi connectivity index (χ2n) is 7.17. The van der Waals surface area contributed by atoms with Crippen molar-refractivity contribution < 1.29 is 9.53 Å². The number of hydrogen-bond donors (Lipinski definition) is 0. The Bertz CT molecular complexity index is 1380. The van der Waals surface area contributed by atoms with Crippen molar-refractivity contribution >= 4 is 41.1 Å². The van der Waals surface area contributed by atoms with Crippen LogP contribution in [0, 0.1) is 0 Å². The lowest BCUT2D eigenvalue weighted by Crippen LogP contribution is -2.38. The molecule has 7 heteroatoms. The number of aromatic nitrogens is 1. The van der Waals surface area contributed by atoms with E-state index >= 15 is 0 Å². The fourth-order valence-electron chi connectivity index (χ4n) is 3.49. The average molecular weight is 465 g/mol. The lowest BCUT2D eigenvalue weighted by atomic mass is 10.0. The fourth-order valence-corrected chi connectivity index (χ4v) is 4.67. The van der Waals surface area contributed by atoms with Crippen molar-refractivity contribution in [2.45, 2.75) is 19.9 Å². The molecule has 2 aromatic carbocycles. The number of thiazole rings is 1. The number of carbonyl (C=O) groups is 1. The zero-order valence-electron chi connectivity index (χ0n) is 17.6. The van der Waals surface area contributed by atoms with Gasteiger partial charge in [-0.05, 0) is 43.2 Å². The first-order valence-corrected chi connectivity index (χ1v) is 11.4. The molecule has 1 aromatic heterocycles. The summed E-state index contributed by atoms with van der Waals surface area (Å²) in [5.41, 5.74) is 2.53. The number of carbonyl (C=O) groups excluding carboxylic acids is 1. The fraction of sp³-hybridized carbons (Fsp3) is 0.160. The summed E-state index contributed by atoms with van der Waals surface area (Å²) < 4.78 is 7.37. The van der Waals surface area contributed by atoms with Crippen LogP contribution in [-0.2, 0) is 9.53 Å². The van der Waals surface area contributed by atoms with Crippen LogP contribution in [0.2, 0.25) is 5.02 Å². The van der Waals surface area contributed by atoms with Gasteiger partial charge in [0.2, 0.25) is 0 Å². The summed E-state index contributed by atoms with van der Waals surface area (Å²) in [6, 6.07) is 16.4. The number of halogens is 1. The van der Waals surface area contributed by atoms with Gasteiger partial charge in [-0.1, -0.05) is 77.6 Å². The number of hydrogen-bond acceptors (Lipinski definition) is 5. The highest BCUT2D eigenvalue weighted by Crippen LogP contribution is 2.26. The molecule has 5 nitrogen and oxygen atoms in total. The van der Waals surface area contributed by atoms with Crippen LogP contribution < -0.4 is 14.9 Å². The van der Waals surface area contributed by atoms with Gasteiger partial charge in [0.1, 0.15) is 0 Å². The van der Waals surface area contributed by atoms with Gasteiger partial charge in [-0.2, -0.15) is 0 Å². The van der Waals surface area contributed by atoms with E-state index in [-0.39, 0.29) is 12.2 Å². The topological polar surface area (TPSA) is 60.7 Å². The number of esters is 1. The van der Waals surface area contributed by atoms with Gasteiger partial charge in [-0.3, -0.25) is 9.36 Å². The van der Waals surface area contributed by atoms with Crippen LogP contribution in [0.4, 0.5) is 0 Å². The van der Waals surface area contributed by atoms with Crippen molar-refractivity contribution in [3.63, 3.8) is 0 Å². The first kappa shape index (κ1) is 22.0. The Balaban J connectivity index is 1.87. The SMILES string of the molecule is CCOC(=O)C1=C(C)N=c2s/c(=C/c3ccc(Cl)cc3)c(=O)n2[C@H]1/C=C/c1ccccc1. The zero-order chi connectivity index (χ0) is 22.7. The molecule has 1 aliphatic heterocycles. The lowest BCUT2D eigenvalue weighted by molar-refractivity contribution is -0.139. The summed E-state index contributed by atoms with van der Waals surface area (Å²) in [5, 5.41) is 0.629. The molecular formula is C25H21ClN2O3S. The summed E-state index contributed by atoms with van der Waals surface area (Å²) in [5.74, 6) is -0.469. The largest absolute Gasteiger partial charge is 0.463 e. The van der Waals surface area contributed by atoms with Gasteiger partial charge in [0.25, 0.3) is 5.56 Å². The van der Waals surface area contributed by atoms with E-state index in [1.165, 1.54) is 11.3 Å². The predicted octanol–water partition coefficient (Wildman–Crippen LogP) is 4.12. The molecule has 0 radical (unpaired) electrons. The lowest BCUT2D eigenvalue weighted by Gasteiger charge is -2.21. The van der Waals surface area contributed by atoms with Crippen LogP contribution in [-0.4, -0.2) is 17.1 Å². The Labute approximate surface area is 194 Å². The maximum Gasteiger partial charge on any atom is 0.338 e. The first-order valence-electron chi connectivity index (χ1n) is 10.2. The van der Waals surface area contributed by atoms with E-state index in [1.807, 2.05) is 60.7 Å². The zero-order valence-corrected chi connectivity index (χ0v) is 19.2. The number of rotatable bonds is 5. The van der Waals surface area contributed by atoms with E-state index in [1.54, 1.807) is 30.5 Å². The molecule has 0 unspecified atom stereocenters. The summed E-state index contributed by atoms with van der Waals surface area (Å²) in [4.78, 5) is 31.3. The van der Waals surface area contributed by atoms with Gasteiger partial charge in [-0.15, -0.1) is 0 Å². The van der Waals surface area contributed by atoms with E-state index < -0.39 is 12.0 Å². The van der Waals surface area contributed by atoms with Gasteiger partial charge in [0, 0.05) is 5.02 Å². The normalized spacial score (nSPS) is 16.2. The van der Waals surface area contributed by atoms with Gasteiger partial charge in [0.15, 0.2) is 4.80 Å². The highest BCUT2D eigenvalue weighted by atomic mass is 35.5. The van der Waals surface area contributed by atoms with E-state index in [0.29, 0.717) is 25.6 Å². The van der Waals surface area contributed by atoms with E-state index in [4.69, 9.17) is 16.3 Å². The summed E-state index contributed by atoms with van der Waals surface area (Å²) in [7, 11) is 0. The Morgan fingerprint density at radius 1 is 1.16 bits per heavy atom. The number of ether oxygens (including phenoxy) is 1. The molecule has 0 saturated heterocycles. The van der Waals surface area contributed by atoms with Crippen molar-refractivity contribution in [2.75, 3.05) is 6.61 Å². The minimum Gasteiger partial charge on any atom is -0.463 e. The molecular weight excluding hydrogens is 444 g/mol. The third kappa shape index (κ3) is 4.52. The van der Waals surface area contributed by atoms with Gasteiger partial charge >= 0.3 is 5.97 Å². The van der Waals surface area contributed by atoms with Crippen LogP contribution in [0.15, 0.2) is 81.7 Å². The minimum absolute atomic E-state index is 0.208. The molecule has 2 heterocycles. The second-order valence-corrected chi connectivity index (χ2v) is 8.61. The molecule has 0 amide bonds. The molecule has 1 aliphatic rings. The van der Waals surface area contributed by atoms with E-state index in [9.17, 15) is 9.59 Å². The Kier molecular flexibility index (Phi) is 6.53. The standard InChI is InChI=1S/C25H21ClN2O3S/c1-3-31-24(30)22-16(2)27-25-28(20(22)14-11-17-7-5-4-6-8-17)23(29)21(32-25)15-18-9-12-19(26)13-10-18/h4-15,20H,3H2,1-2H3/b14-11+,21-15+/t20-/m0/s1. The van der Waals surface area contributed by atoms with Crippen molar-refractivity contribution in [3.8, 4) is 0 Å². The highest BCUT2D eigenvalue weighted by Gasteiger charge is 2.30. The van der Waals surface area contributed by atoms with Crippen molar-refractivity contribution in [1.82, 2.24) is 4.57 Å². The quantitative estimate of drug-likeness (QED) is 0.534. The van der Waals surface area contributed by atoms with Gasteiger partial charge < -0.3 is 4.74 Å². The van der Waals surface area contributed by atoms with Crippen LogP contribution in [0.5, 0.6) is 0 Å². The third-order valence-corrected chi connectivity index (χ3v) is 6.23. The molecule has 0 bridgehead atoms. The molecule has 32 heavy (non-hydrogen) atoms. The summed E-state index contributed by atoms with van der Waals surface area (Å²) >= 11 is 7.26. The van der Waals surface area contributed by atoms with Crippen molar-refractivity contribution in [2.24, 2.45) is 4.99 Å². The monoisotopic (exact) mass is 464 g/mol. The molecule has 162 valence electrons. The summed E-state index contributed by atoms with van der Waals surface area (Å²) in [6.45, 7) is 3.77. The molecule has 1 atom stereocenters. The first-order chi connectivity index (χ1) is 15.5. The predicted molar refractivity (Wildman–Crippen MR) is 128 cm³/mol. The van der Waals surface area contributed by atoms with Gasteiger partial charge in [0.05, 0.1) is 28.5 Å². The smallest absolute Gasteiger partial charge is 0.338 e. The second kappa shape index (κ2) is 9.51. The van der Waals surface area contributed by atoms with Crippen LogP contribution in [0.3, 0.4) is 0 Å². The Hall–Kier alpha value is -3.22. The molecule has 0 aliphatic carbocycles. The Morgan fingerprint density at radius 3 is 2.56 bits per heavy atom. The number of allylic oxidation sites excluding steroid dienone is 2. The van der Waals surface area contributed by atoms with Crippen LogP contribution in [0.1, 0.15) is 31.0 Å². The molecule has 0 spiro atoms. The van der Waals surface area contributed by atoms with Crippen molar-refractivity contribution in [1.29, 1.82) is 0 Å². The molecule has 3 aromatic rings. The van der Waals surface area contributed by atoms with E-state index in [2.05, 4.69) is 4.99 Å². The molecule has 0 N–H and O–H groups in total. The maximum atomic E-state index is 13.4. The Morgan fingerprint density at radius 2 is 1.88 bits per heavy atom. The van der Waals surface area contributed by atoms with Crippen LogP contribution in [0.25, 0.3) is 12.2 Å².